The maximum Gasteiger partial charge on any atom is 0.416 e. The molecule has 0 bridgehead atoms. The second-order valence-corrected chi connectivity index (χ2v) is 8.34. The first kappa shape index (κ1) is 24.7. The van der Waals surface area contributed by atoms with Gasteiger partial charge in [-0.2, -0.15) is 13.2 Å². The summed E-state index contributed by atoms with van der Waals surface area (Å²) in [6.45, 7) is 2.68. The minimum atomic E-state index is -4.47. The number of carbonyl (C=O) groups is 1. The smallest absolute Gasteiger partial charge is 0.351 e. The number of rotatable bonds is 8. The van der Waals surface area contributed by atoms with Crippen molar-refractivity contribution in [2.24, 2.45) is 0 Å². The van der Waals surface area contributed by atoms with E-state index in [-0.39, 0.29) is 30.4 Å². The molecule has 0 aliphatic rings. The number of halogens is 5. The van der Waals surface area contributed by atoms with Gasteiger partial charge >= 0.3 is 6.18 Å². The van der Waals surface area contributed by atoms with E-state index in [9.17, 15) is 26.7 Å². The van der Waals surface area contributed by atoms with E-state index in [1.54, 1.807) is 16.4 Å². The first-order chi connectivity index (χ1) is 15.7. The van der Waals surface area contributed by atoms with Gasteiger partial charge in [-0.25, -0.2) is 13.1 Å². The average Bonchev–Trinajstić information content (AvgIpc) is 2.79. The molecule has 33 heavy (non-hydrogen) atoms. The van der Waals surface area contributed by atoms with Gasteiger partial charge in [-0.1, -0.05) is 25.1 Å². The molecule has 1 amide bonds. The topological polar surface area (TPSA) is 32.3 Å². The number of amides is 1. The number of carbonyl (C=O) groups excluding carboxylic acids is 1. The van der Waals surface area contributed by atoms with Gasteiger partial charge in [0.15, 0.2) is 0 Å². The van der Waals surface area contributed by atoms with Gasteiger partial charge in [0.05, 0.1) is 12.1 Å². The predicted octanol–water partition coefficient (Wildman–Crippen LogP) is 6.30. The molecular formula is C24H21F5N2OS. The van der Waals surface area contributed by atoms with E-state index in [2.05, 4.69) is 5.32 Å². The number of benzene rings is 3. The van der Waals surface area contributed by atoms with Crippen LogP contribution in [0.4, 0.5) is 22.0 Å². The van der Waals surface area contributed by atoms with Crippen molar-refractivity contribution in [3.63, 3.8) is 0 Å². The van der Waals surface area contributed by atoms with Crippen LogP contribution in [0.1, 0.15) is 18.1 Å². The van der Waals surface area contributed by atoms with Gasteiger partial charge in [0.25, 0.3) is 0 Å². The highest BCUT2D eigenvalue weighted by Crippen LogP contribution is 2.32. The molecule has 3 aromatic rings. The second-order valence-electron chi connectivity index (χ2n) is 7.17. The third-order valence-corrected chi connectivity index (χ3v) is 5.89. The Hall–Kier alpha value is -2.91. The Morgan fingerprint density at radius 3 is 2.24 bits per heavy atom. The van der Waals surface area contributed by atoms with Crippen LogP contribution in [-0.4, -0.2) is 23.3 Å². The molecular weight excluding hydrogens is 459 g/mol. The molecule has 0 saturated heterocycles. The summed E-state index contributed by atoms with van der Waals surface area (Å²) in [4.78, 5) is 13.2. The summed E-state index contributed by atoms with van der Waals surface area (Å²) in [6.07, 6.45) is -4.47. The van der Waals surface area contributed by atoms with Crippen LogP contribution in [0.25, 0.3) is 11.1 Å². The van der Waals surface area contributed by atoms with Crippen molar-refractivity contribution in [1.29, 1.82) is 0 Å². The lowest BCUT2D eigenvalue weighted by Gasteiger charge is -2.18. The first-order valence-corrected chi connectivity index (χ1v) is 10.8. The van der Waals surface area contributed by atoms with Crippen LogP contribution in [0.2, 0.25) is 0 Å². The highest BCUT2D eigenvalue weighted by atomic mass is 32.2. The fourth-order valence-corrected chi connectivity index (χ4v) is 3.88. The maximum atomic E-state index is 14.3. The molecule has 0 saturated carbocycles. The van der Waals surface area contributed by atoms with Gasteiger partial charge < -0.3 is 5.32 Å². The molecule has 0 atom stereocenters. The Bertz CT molecular complexity index is 1090. The molecule has 0 aromatic heterocycles. The average molecular weight is 481 g/mol. The third kappa shape index (κ3) is 7.03. The van der Waals surface area contributed by atoms with Crippen molar-refractivity contribution in [2.75, 3.05) is 13.1 Å². The molecule has 0 spiro atoms. The van der Waals surface area contributed by atoms with E-state index in [0.29, 0.717) is 17.7 Å². The number of nitrogens with one attached hydrogen (secondary N) is 1. The van der Waals surface area contributed by atoms with E-state index in [4.69, 9.17) is 0 Å². The molecule has 0 radical (unpaired) electrons. The van der Waals surface area contributed by atoms with Gasteiger partial charge in [0, 0.05) is 23.5 Å². The highest BCUT2D eigenvalue weighted by Gasteiger charge is 2.30. The van der Waals surface area contributed by atoms with E-state index >= 15 is 0 Å². The zero-order valence-electron chi connectivity index (χ0n) is 17.6. The van der Waals surface area contributed by atoms with E-state index in [0.717, 1.165) is 17.0 Å². The Morgan fingerprint density at radius 1 is 0.970 bits per heavy atom. The summed E-state index contributed by atoms with van der Waals surface area (Å²) in [7, 11) is 0. The first-order valence-electron chi connectivity index (χ1n) is 10.1. The lowest BCUT2D eigenvalue weighted by Crippen LogP contribution is -2.33. The number of likely N-dealkylation sites (N-methyl/N-ethyl adjacent to an activating group) is 1. The normalized spacial score (nSPS) is 11.6. The SMILES string of the molecule is CCN(CC(=O)NCc1ccc(F)c(-c2ccc(C(F)(F)F)cc2)c1)Sc1ccc(F)cc1. The molecule has 0 aliphatic heterocycles. The van der Waals surface area contributed by atoms with E-state index in [1.807, 2.05) is 6.92 Å². The Kier molecular flexibility index (Phi) is 8.10. The minimum absolute atomic E-state index is 0.0888. The monoisotopic (exact) mass is 480 g/mol. The molecule has 174 valence electrons. The number of hydrogen-bond acceptors (Lipinski definition) is 3. The van der Waals surface area contributed by atoms with Gasteiger partial charge in [0.1, 0.15) is 11.6 Å². The predicted molar refractivity (Wildman–Crippen MR) is 118 cm³/mol. The van der Waals surface area contributed by atoms with Gasteiger partial charge in [0.2, 0.25) is 5.91 Å². The lowest BCUT2D eigenvalue weighted by atomic mass is 10.0. The summed E-state index contributed by atoms with van der Waals surface area (Å²) >= 11 is 1.33. The zero-order valence-corrected chi connectivity index (χ0v) is 18.4. The van der Waals surface area contributed by atoms with Crippen LogP contribution in [0.5, 0.6) is 0 Å². The van der Waals surface area contributed by atoms with Crippen LogP contribution in [0.15, 0.2) is 71.6 Å². The molecule has 0 aliphatic carbocycles. The van der Waals surface area contributed by atoms with Gasteiger partial charge in [-0.3, -0.25) is 4.79 Å². The van der Waals surface area contributed by atoms with Crippen LogP contribution in [0, 0.1) is 11.6 Å². The minimum Gasteiger partial charge on any atom is -0.351 e. The summed E-state index contributed by atoms with van der Waals surface area (Å²) < 4.78 is 67.4. The van der Waals surface area contributed by atoms with Gasteiger partial charge in [-0.05, 0) is 71.6 Å². The van der Waals surface area contributed by atoms with Crippen LogP contribution >= 0.6 is 11.9 Å². The molecule has 3 aromatic carbocycles. The van der Waals surface area contributed by atoms with Crippen molar-refractivity contribution in [2.45, 2.75) is 24.5 Å². The van der Waals surface area contributed by atoms with Crippen molar-refractivity contribution in [1.82, 2.24) is 9.62 Å². The Balaban J connectivity index is 1.61. The van der Waals surface area contributed by atoms with Crippen molar-refractivity contribution >= 4 is 17.9 Å². The zero-order chi connectivity index (χ0) is 24.0. The standard InChI is InChI=1S/C24H21F5N2OS/c1-2-31(33-20-10-8-19(25)9-11-20)15-23(32)30-14-16-3-12-22(26)21(13-16)17-4-6-18(7-5-17)24(27,28)29/h3-13H,2,14-15H2,1H3,(H,30,32). The third-order valence-electron chi connectivity index (χ3n) is 4.76. The number of nitrogens with zero attached hydrogens (tertiary/aromatic N) is 1. The Morgan fingerprint density at radius 2 is 1.64 bits per heavy atom. The van der Waals surface area contributed by atoms with Crippen LogP contribution in [-0.2, 0) is 17.5 Å². The quantitative estimate of drug-likeness (QED) is 0.304. The van der Waals surface area contributed by atoms with Crippen molar-refractivity contribution < 1.29 is 26.7 Å². The molecule has 0 unspecified atom stereocenters. The molecule has 0 fully saturated rings. The summed E-state index contributed by atoms with van der Waals surface area (Å²) in [6, 6.07) is 14.4. The van der Waals surface area contributed by atoms with Crippen LogP contribution in [0.3, 0.4) is 0 Å². The molecule has 3 nitrogen and oxygen atoms in total. The van der Waals surface area contributed by atoms with E-state index < -0.39 is 17.6 Å². The molecule has 9 heteroatoms. The highest BCUT2D eigenvalue weighted by molar-refractivity contribution is 7.97. The summed E-state index contributed by atoms with van der Waals surface area (Å²) in [5.41, 5.74) is 0.252. The summed E-state index contributed by atoms with van der Waals surface area (Å²) in [5.74, 6) is -1.17. The van der Waals surface area contributed by atoms with E-state index in [1.165, 1.54) is 54.4 Å². The summed E-state index contributed by atoms with van der Waals surface area (Å²) in [5, 5.41) is 2.76. The fraction of sp³-hybridized carbons (Fsp3) is 0.208. The number of alkyl halides is 3. The Labute approximate surface area is 192 Å². The maximum absolute atomic E-state index is 14.3. The number of hydrogen-bond donors (Lipinski definition) is 1. The molecule has 1 N–H and O–H groups in total. The fourth-order valence-electron chi connectivity index (χ4n) is 3.01. The van der Waals surface area contributed by atoms with Gasteiger partial charge in [-0.15, -0.1) is 0 Å². The van der Waals surface area contributed by atoms with Crippen molar-refractivity contribution in [3.8, 4) is 11.1 Å². The second kappa shape index (κ2) is 10.8. The largest absolute Gasteiger partial charge is 0.416 e. The van der Waals surface area contributed by atoms with Crippen LogP contribution < -0.4 is 5.32 Å². The lowest BCUT2D eigenvalue weighted by molar-refractivity contribution is -0.137. The molecule has 0 heterocycles. The molecule has 3 rings (SSSR count). The van der Waals surface area contributed by atoms with Crippen molar-refractivity contribution in [3.05, 3.63) is 89.5 Å².